The van der Waals surface area contributed by atoms with E-state index >= 15 is 0 Å². The van der Waals surface area contributed by atoms with Crippen LogP contribution in [0.25, 0.3) is 11.0 Å². The number of halogens is 1. The van der Waals surface area contributed by atoms with Crippen molar-refractivity contribution < 1.29 is 4.79 Å². The zero-order valence-corrected chi connectivity index (χ0v) is 20.8. The summed E-state index contributed by atoms with van der Waals surface area (Å²) in [4.78, 5) is 50.4. The normalized spacial score (nSPS) is 17.6. The number of hydrogen-bond donors (Lipinski definition) is 1. The molecule has 35 heavy (non-hydrogen) atoms. The van der Waals surface area contributed by atoms with Crippen molar-refractivity contribution in [2.24, 2.45) is 0 Å². The van der Waals surface area contributed by atoms with E-state index in [0.717, 1.165) is 29.1 Å². The fourth-order valence-electron chi connectivity index (χ4n) is 4.97. The summed E-state index contributed by atoms with van der Waals surface area (Å²) in [6.07, 6.45) is 2.73. The van der Waals surface area contributed by atoms with Crippen LogP contribution >= 0.6 is 11.6 Å². The standard InChI is InChI=1S/C26H30ClN5O3/c1-3-10-32-23-22(24(33)29-26(32)35)19(15-21(28-23)17-8-9-17)25(34)31-13-11-30(12-14-31)16(2)18-6-4-5-7-20(18)27/h4-7,15-17H,3,8-14H2,1-2H3,(H,29,33,35). The van der Waals surface area contributed by atoms with Gasteiger partial charge in [-0.05, 0) is 43.9 Å². The van der Waals surface area contributed by atoms with Crippen molar-refractivity contribution in [3.63, 3.8) is 0 Å². The number of aryl methyl sites for hydroxylation is 1. The predicted molar refractivity (Wildman–Crippen MR) is 136 cm³/mol. The number of pyridine rings is 1. The van der Waals surface area contributed by atoms with Gasteiger partial charge < -0.3 is 4.90 Å². The van der Waals surface area contributed by atoms with Gasteiger partial charge in [0, 0.05) is 55.4 Å². The van der Waals surface area contributed by atoms with E-state index in [-0.39, 0.29) is 23.3 Å². The van der Waals surface area contributed by atoms with Crippen LogP contribution in [0.3, 0.4) is 0 Å². The van der Waals surface area contributed by atoms with Gasteiger partial charge in [-0.1, -0.05) is 36.7 Å². The Morgan fingerprint density at radius 1 is 1.17 bits per heavy atom. The van der Waals surface area contributed by atoms with Gasteiger partial charge in [-0.3, -0.25) is 24.0 Å². The summed E-state index contributed by atoms with van der Waals surface area (Å²) < 4.78 is 1.49. The van der Waals surface area contributed by atoms with E-state index in [9.17, 15) is 14.4 Å². The predicted octanol–water partition coefficient (Wildman–Crippen LogP) is 3.54. The molecule has 1 N–H and O–H groups in total. The number of H-pyrrole nitrogens is 1. The highest BCUT2D eigenvalue weighted by atomic mass is 35.5. The van der Waals surface area contributed by atoms with Crippen LogP contribution in [0.2, 0.25) is 5.02 Å². The second kappa shape index (κ2) is 9.59. The van der Waals surface area contributed by atoms with Crippen LogP contribution in [0.4, 0.5) is 0 Å². The third kappa shape index (κ3) is 4.52. The van der Waals surface area contributed by atoms with E-state index in [0.29, 0.717) is 50.4 Å². The number of fused-ring (bicyclic) bond motifs is 1. The lowest BCUT2D eigenvalue weighted by Crippen LogP contribution is -2.49. The van der Waals surface area contributed by atoms with Crippen LogP contribution in [-0.4, -0.2) is 56.4 Å². The Labute approximate surface area is 208 Å². The van der Waals surface area contributed by atoms with Crippen LogP contribution in [0.5, 0.6) is 0 Å². The maximum atomic E-state index is 13.7. The molecule has 2 fully saturated rings. The fraction of sp³-hybridized carbons (Fsp3) is 0.462. The number of carbonyl (C=O) groups excluding carboxylic acids is 1. The Bertz CT molecular complexity index is 1390. The Kier molecular flexibility index (Phi) is 6.51. The number of nitrogens with zero attached hydrogens (tertiary/aromatic N) is 4. The number of benzene rings is 1. The van der Waals surface area contributed by atoms with E-state index in [4.69, 9.17) is 16.6 Å². The average Bonchev–Trinajstić information content (AvgIpc) is 3.71. The summed E-state index contributed by atoms with van der Waals surface area (Å²) in [5, 5.41) is 0.950. The van der Waals surface area contributed by atoms with Crippen LogP contribution in [0.15, 0.2) is 39.9 Å². The van der Waals surface area contributed by atoms with Crippen molar-refractivity contribution in [3.05, 3.63) is 73.0 Å². The van der Waals surface area contributed by atoms with Crippen molar-refractivity contribution in [2.75, 3.05) is 26.2 Å². The third-order valence-corrected chi connectivity index (χ3v) is 7.49. The highest BCUT2D eigenvalue weighted by Gasteiger charge is 2.31. The molecule has 3 aromatic rings. The van der Waals surface area contributed by atoms with Gasteiger partial charge in [-0.25, -0.2) is 9.78 Å². The summed E-state index contributed by atoms with van der Waals surface area (Å²) in [7, 11) is 0. The summed E-state index contributed by atoms with van der Waals surface area (Å²) in [5.74, 6) is 0.0975. The molecule has 1 saturated heterocycles. The lowest BCUT2D eigenvalue weighted by Gasteiger charge is -2.38. The van der Waals surface area contributed by atoms with Gasteiger partial charge in [0.25, 0.3) is 11.5 Å². The zero-order valence-electron chi connectivity index (χ0n) is 20.1. The molecule has 184 valence electrons. The fourth-order valence-corrected chi connectivity index (χ4v) is 5.27. The number of aromatic nitrogens is 3. The van der Waals surface area contributed by atoms with Crippen molar-refractivity contribution >= 4 is 28.5 Å². The molecular formula is C26H30ClN5O3. The molecule has 1 unspecified atom stereocenters. The van der Waals surface area contributed by atoms with E-state index in [1.807, 2.05) is 31.2 Å². The molecule has 0 radical (unpaired) electrons. The highest BCUT2D eigenvalue weighted by Crippen LogP contribution is 2.40. The number of hydrogen-bond acceptors (Lipinski definition) is 5. The van der Waals surface area contributed by atoms with E-state index in [1.165, 1.54) is 4.57 Å². The van der Waals surface area contributed by atoms with Crippen molar-refractivity contribution in [2.45, 2.75) is 51.6 Å². The molecule has 0 spiro atoms. The van der Waals surface area contributed by atoms with Crippen LogP contribution in [-0.2, 0) is 6.54 Å². The molecule has 2 aliphatic rings. The van der Waals surface area contributed by atoms with Crippen molar-refractivity contribution in [3.8, 4) is 0 Å². The SMILES string of the molecule is CCCn1c(=O)[nH]c(=O)c2c(C(=O)N3CCN(C(C)c4ccccc4Cl)CC3)cc(C3CC3)nc21. The van der Waals surface area contributed by atoms with E-state index < -0.39 is 11.2 Å². The Morgan fingerprint density at radius 2 is 1.89 bits per heavy atom. The van der Waals surface area contributed by atoms with Gasteiger partial charge in [-0.15, -0.1) is 0 Å². The van der Waals surface area contributed by atoms with Crippen LogP contribution in [0.1, 0.15) is 66.7 Å². The van der Waals surface area contributed by atoms with Gasteiger partial charge in [0.05, 0.1) is 10.9 Å². The van der Waals surface area contributed by atoms with Crippen molar-refractivity contribution in [1.82, 2.24) is 24.3 Å². The minimum atomic E-state index is -0.554. The average molecular weight is 496 g/mol. The second-order valence-corrected chi connectivity index (χ2v) is 9.91. The van der Waals surface area contributed by atoms with E-state index in [1.54, 1.807) is 11.0 Å². The number of amides is 1. The molecule has 3 heterocycles. The molecule has 8 nitrogen and oxygen atoms in total. The Balaban J connectivity index is 1.45. The topological polar surface area (TPSA) is 91.3 Å². The number of carbonyl (C=O) groups is 1. The first-order chi connectivity index (χ1) is 16.9. The maximum absolute atomic E-state index is 13.7. The Morgan fingerprint density at radius 3 is 2.54 bits per heavy atom. The Hall–Kier alpha value is -2.97. The number of nitrogens with one attached hydrogen (secondary N) is 1. The minimum Gasteiger partial charge on any atom is -0.336 e. The number of aromatic amines is 1. The molecular weight excluding hydrogens is 466 g/mol. The third-order valence-electron chi connectivity index (χ3n) is 7.15. The molecule has 1 saturated carbocycles. The van der Waals surface area contributed by atoms with Crippen molar-refractivity contribution in [1.29, 1.82) is 0 Å². The second-order valence-electron chi connectivity index (χ2n) is 9.50. The molecule has 2 aromatic heterocycles. The van der Waals surface area contributed by atoms with Gasteiger partial charge in [-0.2, -0.15) is 0 Å². The summed E-state index contributed by atoms with van der Waals surface area (Å²) in [6, 6.07) is 9.75. The van der Waals surface area contributed by atoms with Gasteiger partial charge in [0.2, 0.25) is 0 Å². The molecule has 1 atom stereocenters. The molecule has 5 rings (SSSR count). The van der Waals surface area contributed by atoms with Crippen LogP contribution in [0, 0.1) is 0 Å². The first-order valence-electron chi connectivity index (χ1n) is 12.3. The van der Waals surface area contributed by atoms with Gasteiger partial charge in [0.1, 0.15) is 0 Å². The van der Waals surface area contributed by atoms with Crippen LogP contribution < -0.4 is 11.2 Å². The lowest BCUT2D eigenvalue weighted by atomic mass is 10.0. The molecule has 9 heteroatoms. The number of piperazine rings is 1. The molecule has 0 bridgehead atoms. The molecule has 1 amide bonds. The molecule has 1 aromatic carbocycles. The molecule has 1 aliphatic carbocycles. The van der Waals surface area contributed by atoms with Gasteiger partial charge in [0.15, 0.2) is 5.65 Å². The minimum absolute atomic E-state index is 0.135. The first kappa shape index (κ1) is 23.8. The van der Waals surface area contributed by atoms with E-state index in [2.05, 4.69) is 16.8 Å². The smallest absolute Gasteiger partial charge is 0.329 e. The monoisotopic (exact) mass is 495 g/mol. The summed E-state index contributed by atoms with van der Waals surface area (Å²) >= 11 is 6.41. The number of rotatable bonds is 6. The summed E-state index contributed by atoms with van der Waals surface area (Å²) in [5.41, 5.74) is 1.49. The molecule has 1 aliphatic heterocycles. The zero-order chi connectivity index (χ0) is 24.7. The quantitative estimate of drug-likeness (QED) is 0.564. The lowest BCUT2D eigenvalue weighted by molar-refractivity contribution is 0.0583. The first-order valence-corrected chi connectivity index (χ1v) is 12.7. The maximum Gasteiger partial charge on any atom is 0.329 e. The summed E-state index contributed by atoms with van der Waals surface area (Å²) in [6.45, 7) is 7.01. The highest BCUT2D eigenvalue weighted by molar-refractivity contribution is 6.31. The largest absolute Gasteiger partial charge is 0.336 e. The van der Waals surface area contributed by atoms with Gasteiger partial charge >= 0.3 is 5.69 Å².